The number of benzene rings is 1. The van der Waals surface area contributed by atoms with E-state index in [1.807, 2.05) is 40.1 Å². The van der Waals surface area contributed by atoms with Crippen LogP contribution < -0.4 is 0 Å². The number of nitrogens with zero attached hydrogens (tertiary/aromatic N) is 3. The molecule has 2 atom stereocenters. The van der Waals surface area contributed by atoms with Crippen LogP contribution in [0, 0.1) is 0 Å². The zero-order valence-corrected chi connectivity index (χ0v) is 17.3. The molecule has 0 bridgehead atoms. The molecule has 2 saturated heterocycles. The van der Waals surface area contributed by atoms with Crippen molar-refractivity contribution in [2.24, 2.45) is 0 Å². The number of aromatic amines is 1. The molecule has 2 amide bonds. The second-order valence-electron chi connectivity index (χ2n) is 8.47. The van der Waals surface area contributed by atoms with Crippen LogP contribution in [0.15, 0.2) is 36.5 Å². The summed E-state index contributed by atoms with van der Waals surface area (Å²) in [7, 11) is 0. The van der Waals surface area contributed by atoms with Crippen LogP contribution in [0.4, 0.5) is 0 Å². The molecule has 2 aliphatic heterocycles. The molecule has 1 N–H and O–H groups in total. The van der Waals surface area contributed by atoms with Gasteiger partial charge in [-0.15, -0.1) is 0 Å². The fourth-order valence-corrected chi connectivity index (χ4v) is 4.87. The van der Waals surface area contributed by atoms with Gasteiger partial charge in [0.25, 0.3) is 11.8 Å². The summed E-state index contributed by atoms with van der Waals surface area (Å²) in [5.41, 5.74) is 2.38. The molecule has 0 saturated carbocycles. The van der Waals surface area contributed by atoms with Crippen LogP contribution in [0.1, 0.15) is 78.3 Å². The Balaban J connectivity index is 1.44. The Hall–Kier alpha value is -2.63. The van der Waals surface area contributed by atoms with Gasteiger partial charge < -0.3 is 9.80 Å². The third kappa shape index (κ3) is 3.93. The molecular formula is C23H30N4O2. The Labute approximate surface area is 172 Å². The van der Waals surface area contributed by atoms with E-state index < -0.39 is 0 Å². The molecule has 29 heavy (non-hydrogen) atoms. The standard InChI is InChI=1S/C23H30N4O2/c1-16-7-6-8-17(2)27(16)23(29)20-15-24-25-21(20)18-11-13-26(14-12-18)22(28)19-9-4-3-5-10-19/h3-5,9-10,15-18H,6-8,11-14H2,1-2H3,(H,24,25)/t16-,17-/m1/s1. The first-order valence-corrected chi connectivity index (χ1v) is 10.8. The van der Waals surface area contributed by atoms with E-state index in [2.05, 4.69) is 24.0 Å². The molecule has 2 aromatic rings. The second-order valence-corrected chi connectivity index (χ2v) is 8.47. The third-order valence-corrected chi connectivity index (χ3v) is 6.54. The summed E-state index contributed by atoms with van der Waals surface area (Å²) in [5.74, 6) is 0.406. The van der Waals surface area contributed by atoms with Gasteiger partial charge in [-0.2, -0.15) is 5.10 Å². The molecule has 1 aromatic heterocycles. The van der Waals surface area contributed by atoms with E-state index in [1.165, 1.54) is 6.42 Å². The van der Waals surface area contributed by atoms with Gasteiger partial charge in [-0.3, -0.25) is 14.7 Å². The fraction of sp³-hybridized carbons (Fsp3) is 0.522. The van der Waals surface area contributed by atoms with Crippen LogP contribution in [0.3, 0.4) is 0 Å². The molecule has 3 heterocycles. The summed E-state index contributed by atoms with van der Waals surface area (Å²) < 4.78 is 0. The van der Waals surface area contributed by atoms with Gasteiger partial charge in [0, 0.05) is 36.7 Å². The van der Waals surface area contributed by atoms with Crippen LogP contribution >= 0.6 is 0 Å². The maximum Gasteiger partial charge on any atom is 0.257 e. The number of nitrogens with one attached hydrogen (secondary N) is 1. The number of hydrogen-bond acceptors (Lipinski definition) is 3. The minimum Gasteiger partial charge on any atom is -0.339 e. The lowest BCUT2D eigenvalue weighted by atomic mass is 9.90. The van der Waals surface area contributed by atoms with Gasteiger partial charge in [0.15, 0.2) is 0 Å². The van der Waals surface area contributed by atoms with Gasteiger partial charge in [0.1, 0.15) is 0 Å². The molecule has 0 radical (unpaired) electrons. The average Bonchev–Trinajstić information content (AvgIpc) is 3.24. The van der Waals surface area contributed by atoms with Crippen molar-refractivity contribution in [1.29, 1.82) is 0 Å². The summed E-state index contributed by atoms with van der Waals surface area (Å²) in [6.07, 6.45) is 6.66. The smallest absolute Gasteiger partial charge is 0.257 e. The first kappa shape index (κ1) is 19.7. The zero-order chi connectivity index (χ0) is 20.4. The molecule has 1 aromatic carbocycles. The van der Waals surface area contributed by atoms with E-state index in [0.29, 0.717) is 18.7 Å². The normalized spacial score (nSPS) is 23.2. The lowest BCUT2D eigenvalue weighted by Gasteiger charge is -2.39. The Bertz CT molecular complexity index is 845. The number of aromatic nitrogens is 2. The molecule has 2 fully saturated rings. The van der Waals surface area contributed by atoms with E-state index in [4.69, 9.17) is 0 Å². The molecule has 4 rings (SSSR count). The SMILES string of the molecule is C[C@@H]1CCC[C@@H](C)N1C(=O)c1cn[nH]c1C1CCN(C(=O)c2ccccc2)CC1. The Morgan fingerprint density at radius 1 is 0.966 bits per heavy atom. The highest BCUT2D eigenvalue weighted by molar-refractivity contribution is 5.96. The molecule has 6 heteroatoms. The minimum atomic E-state index is 0.0842. The van der Waals surface area contributed by atoms with Crippen LogP contribution in [0.2, 0.25) is 0 Å². The van der Waals surface area contributed by atoms with Crippen molar-refractivity contribution < 1.29 is 9.59 Å². The summed E-state index contributed by atoms with van der Waals surface area (Å²) in [6.45, 7) is 5.67. The quantitative estimate of drug-likeness (QED) is 0.860. The van der Waals surface area contributed by atoms with Crippen molar-refractivity contribution in [3.8, 4) is 0 Å². The minimum absolute atomic E-state index is 0.0842. The van der Waals surface area contributed by atoms with E-state index in [-0.39, 0.29) is 29.8 Å². The Morgan fingerprint density at radius 2 is 1.62 bits per heavy atom. The number of likely N-dealkylation sites (tertiary alicyclic amines) is 2. The summed E-state index contributed by atoms with van der Waals surface area (Å²) in [6, 6.07) is 9.96. The molecule has 6 nitrogen and oxygen atoms in total. The lowest BCUT2D eigenvalue weighted by Crippen LogP contribution is -2.47. The maximum atomic E-state index is 13.3. The van der Waals surface area contributed by atoms with E-state index >= 15 is 0 Å². The highest BCUT2D eigenvalue weighted by atomic mass is 16.2. The molecular weight excluding hydrogens is 364 g/mol. The van der Waals surface area contributed by atoms with Crippen molar-refractivity contribution in [3.05, 3.63) is 53.3 Å². The van der Waals surface area contributed by atoms with Gasteiger partial charge in [-0.1, -0.05) is 18.2 Å². The molecule has 0 spiro atoms. The van der Waals surface area contributed by atoms with Crippen molar-refractivity contribution in [2.45, 2.75) is 64.0 Å². The van der Waals surface area contributed by atoms with Crippen molar-refractivity contribution in [3.63, 3.8) is 0 Å². The van der Waals surface area contributed by atoms with Crippen LogP contribution in [-0.4, -0.2) is 57.0 Å². The number of carbonyl (C=O) groups excluding carboxylic acids is 2. The van der Waals surface area contributed by atoms with Gasteiger partial charge >= 0.3 is 0 Å². The summed E-state index contributed by atoms with van der Waals surface area (Å²) in [5, 5.41) is 7.31. The lowest BCUT2D eigenvalue weighted by molar-refractivity contribution is 0.0507. The number of rotatable bonds is 3. The van der Waals surface area contributed by atoms with E-state index in [0.717, 1.165) is 36.9 Å². The Morgan fingerprint density at radius 3 is 2.28 bits per heavy atom. The van der Waals surface area contributed by atoms with Gasteiger partial charge in [-0.25, -0.2) is 0 Å². The zero-order valence-electron chi connectivity index (χ0n) is 17.3. The number of hydrogen-bond donors (Lipinski definition) is 1. The van der Waals surface area contributed by atoms with Crippen molar-refractivity contribution in [2.75, 3.05) is 13.1 Å². The summed E-state index contributed by atoms with van der Waals surface area (Å²) in [4.78, 5) is 29.9. The first-order valence-electron chi connectivity index (χ1n) is 10.8. The van der Waals surface area contributed by atoms with Crippen molar-refractivity contribution in [1.82, 2.24) is 20.0 Å². The number of piperidine rings is 2. The number of H-pyrrole nitrogens is 1. The predicted octanol–water partition coefficient (Wildman–Crippen LogP) is 3.83. The third-order valence-electron chi connectivity index (χ3n) is 6.54. The largest absolute Gasteiger partial charge is 0.339 e. The summed E-state index contributed by atoms with van der Waals surface area (Å²) >= 11 is 0. The second kappa shape index (κ2) is 8.39. The van der Waals surface area contributed by atoms with Gasteiger partial charge in [0.2, 0.25) is 0 Å². The number of carbonyl (C=O) groups is 2. The van der Waals surface area contributed by atoms with Crippen LogP contribution in [0.5, 0.6) is 0 Å². The average molecular weight is 395 g/mol. The molecule has 0 unspecified atom stereocenters. The fourth-order valence-electron chi connectivity index (χ4n) is 4.87. The monoisotopic (exact) mass is 394 g/mol. The van der Waals surface area contributed by atoms with E-state index in [9.17, 15) is 9.59 Å². The molecule has 0 aliphatic carbocycles. The number of amides is 2. The Kier molecular flexibility index (Phi) is 5.69. The first-order chi connectivity index (χ1) is 14.1. The van der Waals surface area contributed by atoms with Crippen molar-refractivity contribution >= 4 is 11.8 Å². The topological polar surface area (TPSA) is 69.3 Å². The van der Waals surface area contributed by atoms with Crippen LogP contribution in [-0.2, 0) is 0 Å². The van der Waals surface area contributed by atoms with Crippen LogP contribution in [0.25, 0.3) is 0 Å². The molecule has 154 valence electrons. The highest BCUT2D eigenvalue weighted by Gasteiger charge is 2.34. The predicted molar refractivity (Wildman–Crippen MR) is 112 cm³/mol. The van der Waals surface area contributed by atoms with Gasteiger partial charge in [-0.05, 0) is 58.1 Å². The highest BCUT2D eigenvalue weighted by Crippen LogP contribution is 2.32. The van der Waals surface area contributed by atoms with Gasteiger partial charge in [0.05, 0.1) is 17.5 Å². The van der Waals surface area contributed by atoms with E-state index in [1.54, 1.807) is 6.20 Å². The maximum absolute atomic E-state index is 13.3. The molecule has 2 aliphatic rings.